The van der Waals surface area contributed by atoms with Gasteiger partial charge in [-0.1, -0.05) is 31.1 Å². The van der Waals surface area contributed by atoms with Crippen LogP contribution >= 0.6 is 11.8 Å². The number of aryl methyl sites for hydroxylation is 1. The van der Waals surface area contributed by atoms with Crippen molar-refractivity contribution in [3.8, 4) is 5.75 Å². The maximum atomic E-state index is 13.0. The van der Waals surface area contributed by atoms with Crippen LogP contribution in [-0.4, -0.2) is 53.1 Å². The SMILES string of the molecule is CCC(CC)NC(=O)C1CN(C(=O)CSCC(=O)Nc2cc(C)on2)c2ccccc2O1. The molecule has 1 atom stereocenters. The summed E-state index contributed by atoms with van der Waals surface area (Å²) in [6.07, 6.45) is 0.847. The van der Waals surface area contributed by atoms with Crippen molar-refractivity contribution in [3.63, 3.8) is 0 Å². The molecule has 0 fully saturated rings. The molecule has 3 rings (SSSR count). The number of carbonyl (C=O) groups excluding carboxylic acids is 3. The molecule has 0 bridgehead atoms. The van der Waals surface area contributed by atoms with Gasteiger partial charge in [-0.25, -0.2) is 0 Å². The van der Waals surface area contributed by atoms with Crippen molar-refractivity contribution in [2.24, 2.45) is 0 Å². The van der Waals surface area contributed by atoms with E-state index in [1.165, 1.54) is 11.8 Å². The number of rotatable bonds is 9. The second-order valence-electron chi connectivity index (χ2n) is 7.46. The third kappa shape index (κ3) is 6.03. The topological polar surface area (TPSA) is 114 Å². The van der Waals surface area contributed by atoms with E-state index in [9.17, 15) is 14.4 Å². The van der Waals surface area contributed by atoms with Crippen LogP contribution in [0.15, 0.2) is 34.9 Å². The fraction of sp³-hybridized carbons (Fsp3) is 0.455. The lowest BCUT2D eigenvalue weighted by Crippen LogP contribution is -2.52. The van der Waals surface area contributed by atoms with Crippen molar-refractivity contribution in [2.75, 3.05) is 28.3 Å². The molecule has 9 nitrogen and oxygen atoms in total. The minimum atomic E-state index is -0.793. The molecule has 1 aromatic carbocycles. The molecule has 1 aliphatic heterocycles. The number of nitrogens with zero attached hydrogens (tertiary/aromatic N) is 2. The second-order valence-corrected chi connectivity index (χ2v) is 8.45. The van der Waals surface area contributed by atoms with E-state index in [4.69, 9.17) is 9.26 Å². The lowest BCUT2D eigenvalue weighted by atomic mass is 10.1. The van der Waals surface area contributed by atoms with Crippen molar-refractivity contribution < 1.29 is 23.6 Å². The average molecular weight is 461 g/mol. The number of anilines is 2. The van der Waals surface area contributed by atoms with Crippen molar-refractivity contribution >= 4 is 41.0 Å². The molecule has 2 heterocycles. The van der Waals surface area contributed by atoms with Gasteiger partial charge in [0.2, 0.25) is 11.8 Å². The van der Waals surface area contributed by atoms with Crippen LogP contribution in [0.1, 0.15) is 32.4 Å². The zero-order chi connectivity index (χ0) is 23.1. The fourth-order valence-electron chi connectivity index (χ4n) is 3.31. The number of fused-ring (bicyclic) bond motifs is 1. The second kappa shape index (κ2) is 11.0. The first-order valence-electron chi connectivity index (χ1n) is 10.6. The largest absolute Gasteiger partial charge is 0.477 e. The molecule has 32 heavy (non-hydrogen) atoms. The van der Waals surface area contributed by atoms with Crippen molar-refractivity contribution in [1.82, 2.24) is 10.5 Å². The number of para-hydroxylation sites is 2. The number of ether oxygens (including phenoxy) is 1. The Morgan fingerprint density at radius 2 is 1.97 bits per heavy atom. The molecule has 0 radical (unpaired) electrons. The Bertz CT molecular complexity index is 959. The molecule has 1 aromatic heterocycles. The number of hydrogen-bond acceptors (Lipinski definition) is 7. The number of amides is 3. The first-order chi connectivity index (χ1) is 15.4. The highest BCUT2D eigenvalue weighted by Crippen LogP contribution is 2.33. The molecule has 2 N–H and O–H groups in total. The molecule has 1 unspecified atom stereocenters. The molecule has 0 spiro atoms. The lowest BCUT2D eigenvalue weighted by Gasteiger charge is -2.34. The normalized spacial score (nSPS) is 15.1. The summed E-state index contributed by atoms with van der Waals surface area (Å²) in [6, 6.07) is 8.82. The molecule has 0 aliphatic carbocycles. The van der Waals surface area contributed by atoms with Crippen molar-refractivity contribution in [1.29, 1.82) is 0 Å². The van der Waals surface area contributed by atoms with E-state index in [1.807, 2.05) is 19.9 Å². The smallest absolute Gasteiger partial charge is 0.263 e. The van der Waals surface area contributed by atoms with Crippen molar-refractivity contribution in [2.45, 2.75) is 45.8 Å². The summed E-state index contributed by atoms with van der Waals surface area (Å²) in [6.45, 7) is 5.87. The monoisotopic (exact) mass is 460 g/mol. The average Bonchev–Trinajstić information content (AvgIpc) is 3.20. The van der Waals surface area contributed by atoms with Crippen molar-refractivity contribution in [3.05, 3.63) is 36.1 Å². The third-order valence-corrected chi connectivity index (χ3v) is 5.97. The van der Waals surface area contributed by atoms with Gasteiger partial charge in [0.05, 0.1) is 23.7 Å². The number of benzene rings is 1. The highest BCUT2D eigenvalue weighted by molar-refractivity contribution is 8.00. The van der Waals surface area contributed by atoms with Gasteiger partial charge in [0.15, 0.2) is 11.9 Å². The van der Waals surface area contributed by atoms with E-state index in [-0.39, 0.29) is 41.8 Å². The highest BCUT2D eigenvalue weighted by Gasteiger charge is 2.34. The maximum Gasteiger partial charge on any atom is 0.263 e. The van der Waals surface area contributed by atoms with Gasteiger partial charge in [-0.3, -0.25) is 14.4 Å². The van der Waals surface area contributed by atoms with E-state index in [0.717, 1.165) is 12.8 Å². The zero-order valence-corrected chi connectivity index (χ0v) is 19.2. The van der Waals surface area contributed by atoms with Crippen LogP contribution < -0.4 is 20.3 Å². The number of hydrogen-bond donors (Lipinski definition) is 2. The Kier molecular flexibility index (Phi) is 8.15. The van der Waals surface area contributed by atoms with Crippen LogP contribution in [0, 0.1) is 6.92 Å². The summed E-state index contributed by atoms with van der Waals surface area (Å²) in [5.74, 6) is 0.881. The van der Waals surface area contributed by atoms with Gasteiger partial charge in [0.1, 0.15) is 11.5 Å². The van der Waals surface area contributed by atoms with E-state index in [2.05, 4.69) is 15.8 Å². The van der Waals surface area contributed by atoms with Gasteiger partial charge >= 0.3 is 0 Å². The molecule has 0 saturated heterocycles. The Morgan fingerprint density at radius 1 is 1.22 bits per heavy atom. The predicted octanol–water partition coefficient (Wildman–Crippen LogP) is 2.75. The van der Waals surface area contributed by atoms with Crippen LogP contribution in [0.25, 0.3) is 0 Å². The van der Waals surface area contributed by atoms with E-state index in [0.29, 0.717) is 23.0 Å². The molecule has 2 aromatic rings. The van der Waals surface area contributed by atoms with E-state index in [1.54, 1.807) is 36.1 Å². The van der Waals surface area contributed by atoms with Crippen LogP contribution in [0.4, 0.5) is 11.5 Å². The van der Waals surface area contributed by atoms with Gasteiger partial charge in [0.25, 0.3) is 5.91 Å². The highest BCUT2D eigenvalue weighted by atomic mass is 32.2. The Morgan fingerprint density at radius 3 is 2.66 bits per heavy atom. The molecular weight excluding hydrogens is 432 g/mol. The van der Waals surface area contributed by atoms with Gasteiger partial charge < -0.3 is 24.8 Å². The lowest BCUT2D eigenvalue weighted by molar-refractivity contribution is -0.129. The summed E-state index contributed by atoms with van der Waals surface area (Å²) < 4.78 is 10.8. The molecule has 0 saturated carbocycles. The zero-order valence-electron chi connectivity index (χ0n) is 18.4. The summed E-state index contributed by atoms with van der Waals surface area (Å²) in [4.78, 5) is 39.3. The number of carbonyl (C=O) groups is 3. The van der Waals surface area contributed by atoms with Gasteiger partial charge in [-0.2, -0.15) is 0 Å². The molecule has 1 aliphatic rings. The molecule has 3 amide bonds. The Balaban J connectivity index is 1.59. The molecular formula is C22H28N4O5S. The minimum Gasteiger partial charge on any atom is -0.477 e. The first kappa shape index (κ1) is 23.6. The number of nitrogens with one attached hydrogen (secondary N) is 2. The predicted molar refractivity (Wildman–Crippen MR) is 123 cm³/mol. The quantitative estimate of drug-likeness (QED) is 0.591. The minimum absolute atomic E-state index is 0.0648. The standard InChI is InChI=1S/C22H28N4O5S/c1-4-15(5-2)23-22(29)18-11-26(16-8-6-7-9-17(16)30-18)21(28)13-32-12-20(27)24-19-10-14(3)31-25-19/h6-10,15,18H,4-5,11-13H2,1-3H3,(H,23,29)(H,24,25,27). The third-order valence-electron chi connectivity index (χ3n) is 5.05. The molecule has 10 heteroatoms. The number of thioether (sulfide) groups is 1. The summed E-state index contributed by atoms with van der Waals surface area (Å²) in [7, 11) is 0. The van der Waals surface area contributed by atoms with Crippen LogP contribution in [0.5, 0.6) is 5.75 Å². The number of aromatic nitrogens is 1. The van der Waals surface area contributed by atoms with Crippen LogP contribution in [0.3, 0.4) is 0 Å². The summed E-state index contributed by atoms with van der Waals surface area (Å²) in [5, 5.41) is 9.32. The fourth-order valence-corrected chi connectivity index (χ4v) is 4.00. The Labute approximate surface area is 191 Å². The van der Waals surface area contributed by atoms with E-state index >= 15 is 0 Å². The van der Waals surface area contributed by atoms with Crippen LogP contribution in [0.2, 0.25) is 0 Å². The van der Waals surface area contributed by atoms with Gasteiger partial charge in [0, 0.05) is 12.1 Å². The Hall–Kier alpha value is -3.01. The van der Waals surface area contributed by atoms with Gasteiger partial charge in [-0.05, 0) is 31.9 Å². The summed E-state index contributed by atoms with van der Waals surface area (Å²) in [5.41, 5.74) is 0.618. The maximum absolute atomic E-state index is 13.0. The van der Waals surface area contributed by atoms with Crippen LogP contribution in [-0.2, 0) is 14.4 Å². The summed E-state index contributed by atoms with van der Waals surface area (Å²) >= 11 is 1.19. The van der Waals surface area contributed by atoms with Gasteiger partial charge in [-0.15, -0.1) is 11.8 Å². The molecule has 172 valence electrons. The first-order valence-corrected chi connectivity index (χ1v) is 11.7. The van der Waals surface area contributed by atoms with E-state index < -0.39 is 6.10 Å².